The average Bonchev–Trinajstić information content (AvgIpc) is 3.41. The van der Waals surface area contributed by atoms with E-state index in [-0.39, 0.29) is 18.1 Å². The molecule has 1 aliphatic rings. The lowest BCUT2D eigenvalue weighted by molar-refractivity contribution is -0.119. The predicted molar refractivity (Wildman–Crippen MR) is 114 cm³/mol. The monoisotopic (exact) mass is 418 g/mol. The first kappa shape index (κ1) is 21.6. The van der Waals surface area contributed by atoms with Crippen LogP contribution < -0.4 is 10.1 Å². The molecule has 3 rings (SSSR count). The Morgan fingerprint density at radius 1 is 1.31 bits per heavy atom. The molecule has 29 heavy (non-hydrogen) atoms. The van der Waals surface area contributed by atoms with Gasteiger partial charge in [0.25, 0.3) is 0 Å². The third-order valence-corrected chi connectivity index (χ3v) is 6.13. The third-order valence-electron chi connectivity index (χ3n) is 5.16. The van der Waals surface area contributed by atoms with Crippen molar-refractivity contribution in [1.82, 2.24) is 20.1 Å². The number of rotatable bonds is 10. The molecule has 1 N–H and O–H groups in total. The van der Waals surface area contributed by atoms with Gasteiger partial charge in [0, 0.05) is 18.2 Å². The van der Waals surface area contributed by atoms with Crippen molar-refractivity contribution in [1.29, 1.82) is 0 Å². The Balaban J connectivity index is 1.76. The lowest BCUT2D eigenvalue weighted by atomic mass is 10.2. The number of amides is 1. The van der Waals surface area contributed by atoms with Gasteiger partial charge in [0.2, 0.25) is 5.91 Å². The van der Waals surface area contributed by atoms with E-state index in [0.717, 1.165) is 54.6 Å². The summed E-state index contributed by atoms with van der Waals surface area (Å²) < 4.78 is 13.2. The highest BCUT2D eigenvalue weighted by Crippen LogP contribution is 2.27. The zero-order valence-electron chi connectivity index (χ0n) is 17.4. The van der Waals surface area contributed by atoms with Crippen molar-refractivity contribution in [2.24, 2.45) is 0 Å². The molecule has 1 amide bonds. The number of hydrogen-bond donors (Lipinski definition) is 1. The van der Waals surface area contributed by atoms with E-state index in [1.165, 1.54) is 11.8 Å². The van der Waals surface area contributed by atoms with Crippen LogP contribution in [0.3, 0.4) is 0 Å². The van der Waals surface area contributed by atoms with Crippen molar-refractivity contribution in [2.45, 2.75) is 63.4 Å². The highest BCUT2D eigenvalue weighted by molar-refractivity contribution is 7.99. The number of carbonyl (C=O) groups excluding carboxylic acids is 1. The molecule has 2 heterocycles. The highest BCUT2D eigenvalue weighted by Gasteiger charge is 2.22. The molecular formula is C21H30N4O3S. The van der Waals surface area contributed by atoms with Crippen molar-refractivity contribution < 1.29 is 14.3 Å². The Morgan fingerprint density at radius 2 is 2.07 bits per heavy atom. The van der Waals surface area contributed by atoms with Crippen molar-refractivity contribution in [3.8, 4) is 17.1 Å². The first-order valence-electron chi connectivity index (χ1n) is 10.3. The fraction of sp³-hybridized carbons (Fsp3) is 0.571. The third kappa shape index (κ3) is 5.73. The summed E-state index contributed by atoms with van der Waals surface area (Å²) in [6.45, 7) is 5.65. The second kappa shape index (κ2) is 10.6. The summed E-state index contributed by atoms with van der Waals surface area (Å²) in [5.41, 5.74) is 0.963. The molecule has 8 heteroatoms. The molecule has 0 spiro atoms. The van der Waals surface area contributed by atoms with E-state index < -0.39 is 0 Å². The van der Waals surface area contributed by atoms with Crippen LogP contribution >= 0.6 is 11.8 Å². The van der Waals surface area contributed by atoms with Gasteiger partial charge in [-0.05, 0) is 49.9 Å². The maximum absolute atomic E-state index is 12.3. The van der Waals surface area contributed by atoms with Crippen LogP contribution in [0.5, 0.6) is 5.75 Å². The first-order chi connectivity index (χ1) is 14.1. The molecule has 158 valence electrons. The molecule has 0 unspecified atom stereocenters. The molecule has 0 saturated carbocycles. The van der Waals surface area contributed by atoms with Gasteiger partial charge in [-0.1, -0.05) is 25.6 Å². The number of benzene rings is 1. The molecule has 0 radical (unpaired) electrons. The molecule has 2 aromatic rings. The Bertz CT molecular complexity index is 784. The van der Waals surface area contributed by atoms with E-state index in [1.54, 1.807) is 7.11 Å². The SMILES string of the molecule is CCC(CC)NC(=O)CSc1nnc(-c2ccc(OC)cc2)n1C[C@@H]1CCCO1. The number of nitrogens with zero attached hydrogens (tertiary/aromatic N) is 3. The van der Waals surface area contributed by atoms with Gasteiger partial charge >= 0.3 is 0 Å². The smallest absolute Gasteiger partial charge is 0.230 e. The lowest BCUT2D eigenvalue weighted by Gasteiger charge is -2.16. The van der Waals surface area contributed by atoms with Gasteiger partial charge in [0.15, 0.2) is 11.0 Å². The van der Waals surface area contributed by atoms with Crippen molar-refractivity contribution in [3.63, 3.8) is 0 Å². The number of methoxy groups -OCH3 is 1. The molecule has 1 saturated heterocycles. The summed E-state index contributed by atoms with van der Waals surface area (Å²) in [7, 11) is 1.65. The molecule has 1 atom stereocenters. The number of thioether (sulfide) groups is 1. The second-order valence-electron chi connectivity index (χ2n) is 7.15. The minimum absolute atomic E-state index is 0.0290. The quantitative estimate of drug-likeness (QED) is 0.595. The van der Waals surface area contributed by atoms with Crippen LogP contribution in [-0.4, -0.2) is 52.3 Å². The molecule has 1 aromatic heterocycles. The Kier molecular flexibility index (Phi) is 7.94. The van der Waals surface area contributed by atoms with E-state index >= 15 is 0 Å². The maximum Gasteiger partial charge on any atom is 0.230 e. The van der Waals surface area contributed by atoms with Crippen molar-refractivity contribution in [2.75, 3.05) is 19.5 Å². The Labute approximate surface area is 176 Å². The molecule has 1 fully saturated rings. The minimum Gasteiger partial charge on any atom is -0.497 e. The minimum atomic E-state index is 0.0290. The zero-order valence-corrected chi connectivity index (χ0v) is 18.2. The number of carbonyl (C=O) groups is 1. The van der Waals surface area contributed by atoms with Gasteiger partial charge in [0.1, 0.15) is 5.75 Å². The van der Waals surface area contributed by atoms with E-state index in [1.807, 2.05) is 24.3 Å². The second-order valence-corrected chi connectivity index (χ2v) is 8.09. The number of nitrogens with one attached hydrogen (secondary N) is 1. The topological polar surface area (TPSA) is 78.3 Å². The molecule has 1 aromatic carbocycles. The van der Waals surface area contributed by atoms with Crippen molar-refractivity contribution >= 4 is 17.7 Å². The average molecular weight is 419 g/mol. The van der Waals surface area contributed by atoms with Gasteiger partial charge in [-0.15, -0.1) is 10.2 Å². The van der Waals surface area contributed by atoms with Crippen LogP contribution in [0, 0.1) is 0 Å². The van der Waals surface area contributed by atoms with Crippen molar-refractivity contribution in [3.05, 3.63) is 24.3 Å². The van der Waals surface area contributed by atoms with Gasteiger partial charge in [-0.2, -0.15) is 0 Å². The molecule has 0 bridgehead atoms. The number of hydrogen-bond acceptors (Lipinski definition) is 6. The van der Waals surface area contributed by atoms with Crippen LogP contribution in [-0.2, 0) is 16.1 Å². The molecule has 0 aliphatic carbocycles. The number of ether oxygens (including phenoxy) is 2. The summed E-state index contributed by atoms with van der Waals surface area (Å²) in [5.74, 6) is 1.93. The Morgan fingerprint density at radius 3 is 2.69 bits per heavy atom. The fourth-order valence-corrected chi connectivity index (χ4v) is 4.16. The largest absolute Gasteiger partial charge is 0.497 e. The number of aromatic nitrogens is 3. The lowest BCUT2D eigenvalue weighted by Crippen LogP contribution is -2.35. The summed E-state index contributed by atoms with van der Waals surface area (Å²) in [5, 5.41) is 12.6. The van der Waals surface area contributed by atoms with Gasteiger partial charge in [0.05, 0.1) is 25.5 Å². The van der Waals surface area contributed by atoms with E-state index in [2.05, 4.69) is 33.9 Å². The van der Waals surface area contributed by atoms with Gasteiger partial charge < -0.3 is 14.8 Å². The van der Waals surface area contributed by atoms with Crippen LogP contribution in [0.2, 0.25) is 0 Å². The van der Waals surface area contributed by atoms with Crippen LogP contribution in [0.1, 0.15) is 39.5 Å². The summed E-state index contributed by atoms with van der Waals surface area (Å²) in [6.07, 6.45) is 4.12. The fourth-order valence-electron chi connectivity index (χ4n) is 3.40. The highest BCUT2D eigenvalue weighted by atomic mass is 32.2. The van der Waals surface area contributed by atoms with E-state index in [0.29, 0.717) is 12.3 Å². The van der Waals surface area contributed by atoms with E-state index in [9.17, 15) is 4.79 Å². The molecular weight excluding hydrogens is 388 g/mol. The molecule has 7 nitrogen and oxygen atoms in total. The van der Waals surface area contributed by atoms with E-state index in [4.69, 9.17) is 9.47 Å². The first-order valence-corrected chi connectivity index (χ1v) is 11.2. The van der Waals surface area contributed by atoms with Crippen LogP contribution in [0.25, 0.3) is 11.4 Å². The molecule has 1 aliphatic heterocycles. The standard InChI is InChI=1S/C21H30N4O3S/c1-4-16(5-2)22-19(26)14-29-21-24-23-20(15-8-10-17(27-3)11-9-15)25(21)13-18-7-6-12-28-18/h8-11,16,18H,4-7,12-14H2,1-3H3,(H,22,26)/t18-/m0/s1. The summed E-state index contributed by atoms with van der Waals surface area (Å²) in [6, 6.07) is 8.00. The summed E-state index contributed by atoms with van der Waals surface area (Å²) in [4.78, 5) is 12.3. The van der Waals surface area contributed by atoms with Gasteiger partial charge in [-0.3, -0.25) is 9.36 Å². The predicted octanol–water partition coefficient (Wildman–Crippen LogP) is 3.53. The normalized spacial score (nSPS) is 16.3. The van der Waals surface area contributed by atoms with Crippen LogP contribution in [0.15, 0.2) is 29.4 Å². The zero-order chi connectivity index (χ0) is 20.6. The Hall–Kier alpha value is -2.06. The maximum atomic E-state index is 12.3. The van der Waals surface area contributed by atoms with Crippen LogP contribution in [0.4, 0.5) is 0 Å². The van der Waals surface area contributed by atoms with Gasteiger partial charge in [-0.25, -0.2) is 0 Å². The summed E-state index contributed by atoms with van der Waals surface area (Å²) >= 11 is 1.42.